The van der Waals surface area contributed by atoms with Crippen molar-refractivity contribution >= 4 is 29.1 Å². The van der Waals surface area contributed by atoms with Crippen molar-refractivity contribution in [1.29, 1.82) is 0 Å². The first-order chi connectivity index (χ1) is 11.0. The summed E-state index contributed by atoms with van der Waals surface area (Å²) in [7, 11) is 0. The van der Waals surface area contributed by atoms with E-state index >= 15 is 0 Å². The van der Waals surface area contributed by atoms with Crippen molar-refractivity contribution in [3.63, 3.8) is 0 Å². The molecule has 23 heavy (non-hydrogen) atoms. The van der Waals surface area contributed by atoms with E-state index in [9.17, 15) is 14.4 Å². The molecule has 0 unspecified atom stereocenters. The van der Waals surface area contributed by atoms with Crippen molar-refractivity contribution in [1.82, 2.24) is 10.2 Å². The fraction of sp³-hybridized carbons (Fsp3) is 0.562. The van der Waals surface area contributed by atoms with Gasteiger partial charge in [-0.25, -0.2) is 0 Å². The third-order valence-corrected chi connectivity index (χ3v) is 5.60. The van der Waals surface area contributed by atoms with Gasteiger partial charge >= 0.3 is 5.97 Å². The number of hydrogen-bond acceptors (Lipinski definition) is 4. The smallest absolute Gasteiger partial charge is 0.306 e. The predicted octanol–water partition coefficient (Wildman–Crippen LogP) is 1.39. The zero-order chi connectivity index (χ0) is 16.4. The summed E-state index contributed by atoms with van der Waals surface area (Å²) in [5.74, 6) is -1.30. The molecule has 7 heteroatoms. The highest BCUT2D eigenvalue weighted by molar-refractivity contribution is 7.10. The molecule has 1 saturated carbocycles. The van der Waals surface area contributed by atoms with Gasteiger partial charge in [0.15, 0.2) is 0 Å². The van der Waals surface area contributed by atoms with Crippen molar-refractivity contribution < 1.29 is 19.5 Å². The fourth-order valence-electron chi connectivity index (χ4n) is 3.08. The zero-order valence-corrected chi connectivity index (χ0v) is 13.6. The molecule has 0 bridgehead atoms. The minimum Gasteiger partial charge on any atom is -0.481 e. The molecule has 0 saturated heterocycles. The first-order valence-corrected chi connectivity index (χ1v) is 8.76. The maximum Gasteiger partial charge on any atom is 0.306 e. The standard InChI is InChI=1S/C16H20N2O4S/c19-14(17-12-7-11(8-12)16(21)22)1-2-15(20)18-5-3-13-10(9-18)4-6-23-13/h4,6,11-12H,1-3,5,7-9H2,(H,17,19)(H,21,22). The number of carbonyl (C=O) groups excluding carboxylic acids is 2. The maximum atomic E-state index is 12.2. The number of nitrogens with zero attached hydrogens (tertiary/aromatic N) is 1. The van der Waals surface area contributed by atoms with Crippen LogP contribution in [0.1, 0.15) is 36.1 Å². The zero-order valence-electron chi connectivity index (χ0n) is 12.8. The SMILES string of the molecule is O=C(CCC(=O)N1CCc2sccc2C1)NC1CC(C(=O)O)C1. The summed E-state index contributed by atoms with van der Waals surface area (Å²) < 4.78 is 0. The fourth-order valence-corrected chi connectivity index (χ4v) is 3.97. The van der Waals surface area contributed by atoms with Crippen LogP contribution in [0.15, 0.2) is 11.4 Å². The second kappa shape index (κ2) is 6.70. The number of nitrogens with one attached hydrogen (secondary N) is 1. The van der Waals surface area contributed by atoms with Crippen molar-refractivity contribution in [3.8, 4) is 0 Å². The summed E-state index contributed by atoms with van der Waals surface area (Å²) in [6.07, 6.45) is 2.24. The lowest BCUT2D eigenvalue weighted by Crippen LogP contribution is -2.47. The van der Waals surface area contributed by atoms with Crippen LogP contribution in [0.3, 0.4) is 0 Å². The Balaban J connectivity index is 1.38. The Morgan fingerprint density at radius 3 is 2.83 bits per heavy atom. The van der Waals surface area contributed by atoms with E-state index in [1.54, 1.807) is 11.3 Å². The Hall–Kier alpha value is -1.89. The number of aliphatic carboxylic acids is 1. The predicted molar refractivity (Wildman–Crippen MR) is 85.0 cm³/mol. The molecule has 0 spiro atoms. The van der Waals surface area contributed by atoms with E-state index in [1.165, 1.54) is 10.4 Å². The number of amides is 2. The van der Waals surface area contributed by atoms with Crippen LogP contribution in [0.5, 0.6) is 0 Å². The largest absolute Gasteiger partial charge is 0.481 e. The van der Waals surface area contributed by atoms with Crippen LogP contribution in [0.4, 0.5) is 0 Å². The summed E-state index contributed by atoms with van der Waals surface area (Å²) in [6.45, 7) is 1.36. The van der Waals surface area contributed by atoms with Crippen molar-refractivity contribution in [2.24, 2.45) is 5.92 Å². The Morgan fingerprint density at radius 1 is 1.30 bits per heavy atom. The topological polar surface area (TPSA) is 86.7 Å². The van der Waals surface area contributed by atoms with Crippen molar-refractivity contribution in [2.75, 3.05) is 6.54 Å². The van der Waals surface area contributed by atoms with Crippen LogP contribution in [-0.4, -0.2) is 40.4 Å². The summed E-state index contributed by atoms with van der Waals surface area (Å²) in [5.41, 5.74) is 1.22. The lowest BCUT2D eigenvalue weighted by molar-refractivity contribution is -0.146. The molecular weight excluding hydrogens is 316 g/mol. The molecule has 1 fully saturated rings. The van der Waals surface area contributed by atoms with Crippen LogP contribution in [-0.2, 0) is 27.3 Å². The molecule has 3 rings (SSSR count). The number of carboxylic acid groups (broad SMARTS) is 1. The van der Waals surface area contributed by atoms with E-state index in [-0.39, 0.29) is 36.6 Å². The quantitative estimate of drug-likeness (QED) is 0.851. The third kappa shape index (κ3) is 3.72. The number of thiophene rings is 1. The molecule has 2 heterocycles. The number of rotatable bonds is 5. The minimum absolute atomic E-state index is 0.00835. The van der Waals surface area contributed by atoms with E-state index in [0.717, 1.165) is 13.0 Å². The van der Waals surface area contributed by atoms with E-state index in [2.05, 4.69) is 16.8 Å². The molecule has 124 valence electrons. The van der Waals surface area contributed by atoms with Gasteiger partial charge in [-0.05, 0) is 36.3 Å². The van der Waals surface area contributed by atoms with Gasteiger partial charge in [0.05, 0.1) is 5.92 Å². The first-order valence-electron chi connectivity index (χ1n) is 7.88. The van der Waals surface area contributed by atoms with Gasteiger partial charge in [0, 0.05) is 36.9 Å². The van der Waals surface area contributed by atoms with Crippen LogP contribution < -0.4 is 5.32 Å². The van der Waals surface area contributed by atoms with Gasteiger partial charge in [0.2, 0.25) is 11.8 Å². The Labute approximate surface area is 138 Å². The molecular formula is C16H20N2O4S. The molecule has 1 aromatic heterocycles. The molecule has 0 atom stereocenters. The lowest BCUT2D eigenvalue weighted by atomic mass is 9.80. The molecule has 6 nitrogen and oxygen atoms in total. The highest BCUT2D eigenvalue weighted by atomic mass is 32.1. The van der Waals surface area contributed by atoms with E-state index in [0.29, 0.717) is 19.4 Å². The number of carbonyl (C=O) groups is 3. The van der Waals surface area contributed by atoms with Gasteiger partial charge in [-0.2, -0.15) is 0 Å². The van der Waals surface area contributed by atoms with Gasteiger partial charge in [-0.3, -0.25) is 14.4 Å². The number of fused-ring (bicyclic) bond motifs is 1. The minimum atomic E-state index is -0.802. The summed E-state index contributed by atoms with van der Waals surface area (Å²) in [6, 6.07) is 2.00. The Morgan fingerprint density at radius 2 is 2.09 bits per heavy atom. The van der Waals surface area contributed by atoms with Crippen LogP contribution >= 0.6 is 11.3 Å². The third-order valence-electron chi connectivity index (χ3n) is 4.58. The van der Waals surface area contributed by atoms with E-state index < -0.39 is 5.97 Å². The maximum absolute atomic E-state index is 12.2. The summed E-state index contributed by atoms with van der Waals surface area (Å²) in [4.78, 5) is 37.9. The van der Waals surface area contributed by atoms with Gasteiger partial charge < -0.3 is 15.3 Å². The molecule has 1 aliphatic carbocycles. The highest BCUT2D eigenvalue weighted by Crippen LogP contribution is 2.27. The van der Waals surface area contributed by atoms with Crippen LogP contribution in [0, 0.1) is 5.92 Å². The average molecular weight is 336 g/mol. The Kier molecular flexibility index (Phi) is 4.66. The second-order valence-corrected chi connectivity index (χ2v) is 7.21. The highest BCUT2D eigenvalue weighted by Gasteiger charge is 2.35. The van der Waals surface area contributed by atoms with Crippen molar-refractivity contribution in [2.45, 2.75) is 44.7 Å². The number of hydrogen-bond donors (Lipinski definition) is 2. The van der Waals surface area contributed by atoms with Crippen molar-refractivity contribution in [3.05, 3.63) is 21.9 Å². The summed E-state index contributed by atoms with van der Waals surface area (Å²) in [5, 5.41) is 13.6. The van der Waals surface area contributed by atoms with E-state index in [1.807, 2.05) is 4.90 Å². The van der Waals surface area contributed by atoms with Gasteiger partial charge in [-0.15, -0.1) is 11.3 Å². The van der Waals surface area contributed by atoms with Gasteiger partial charge in [0.1, 0.15) is 0 Å². The molecule has 1 aromatic rings. The second-order valence-electron chi connectivity index (χ2n) is 6.21. The van der Waals surface area contributed by atoms with Gasteiger partial charge in [0.25, 0.3) is 0 Å². The van der Waals surface area contributed by atoms with Crippen LogP contribution in [0.25, 0.3) is 0 Å². The molecule has 2 amide bonds. The average Bonchev–Trinajstić information content (AvgIpc) is 2.95. The monoisotopic (exact) mass is 336 g/mol. The first kappa shape index (κ1) is 16.0. The van der Waals surface area contributed by atoms with E-state index in [4.69, 9.17) is 5.11 Å². The molecule has 2 aliphatic rings. The lowest BCUT2D eigenvalue weighted by Gasteiger charge is -2.33. The van der Waals surface area contributed by atoms with Gasteiger partial charge in [-0.1, -0.05) is 0 Å². The molecule has 0 aromatic carbocycles. The normalized spacial score (nSPS) is 22.9. The van der Waals surface area contributed by atoms with Crippen LogP contribution in [0.2, 0.25) is 0 Å². The molecule has 1 aliphatic heterocycles. The molecule has 2 N–H and O–H groups in total. The molecule has 0 radical (unpaired) electrons. The summed E-state index contributed by atoms with van der Waals surface area (Å²) >= 11 is 1.73. The number of carboxylic acids is 1. The Bertz CT molecular complexity index is 621.